The zero-order valence-corrected chi connectivity index (χ0v) is 26.2. The largest absolute Gasteiger partial charge is 0.481 e. The maximum atomic E-state index is 12.9. The van der Waals surface area contributed by atoms with Crippen molar-refractivity contribution in [1.82, 2.24) is 0 Å². The highest BCUT2D eigenvalue weighted by molar-refractivity contribution is 5.88. The molecule has 0 aromatic carbocycles. The number of carboxylic acid groups (broad SMARTS) is 1. The fourth-order valence-electron chi connectivity index (χ4n) is 10.2. The van der Waals surface area contributed by atoms with Crippen LogP contribution in [-0.2, 0) is 38.1 Å². The van der Waals surface area contributed by atoms with Gasteiger partial charge in [-0.05, 0) is 116 Å². The molecule has 9 heteroatoms. The molecule has 8 rings (SSSR count). The van der Waals surface area contributed by atoms with E-state index in [1.807, 2.05) is 6.92 Å². The molecule has 43 heavy (non-hydrogen) atoms. The van der Waals surface area contributed by atoms with Gasteiger partial charge in [0.25, 0.3) is 0 Å². The molecule has 0 saturated heterocycles. The van der Waals surface area contributed by atoms with Gasteiger partial charge in [-0.15, -0.1) is 0 Å². The highest BCUT2D eigenvalue weighted by Crippen LogP contribution is 2.64. The molecule has 0 heterocycles. The van der Waals surface area contributed by atoms with Crippen LogP contribution in [0.5, 0.6) is 0 Å². The number of hydrogen-bond donors (Lipinski definition) is 1. The van der Waals surface area contributed by atoms with E-state index in [1.54, 1.807) is 20.8 Å². The van der Waals surface area contributed by atoms with Crippen LogP contribution in [0, 0.1) is 34.5 Å². The predicted octanol–water partition coefficient (Wildman–Crippen LogP) is 5.90. The zero-order chi connectivity index (χ0) is 31.4. The van der Waals surface area contributed by atoms with Crippen LogP contribution in [0.15, 0.2) is 24.3 Å². The summed E-state index contributed by atoms with van der Waals surface area (Å²) in [6, 6.07) is 0. The van der Waals surface area contributed by atoms with Crippen molar-refractivity contribution in [1.29, 1.82) is 0 Å². The number of esters is 3. The summed E-state index contributed by atoms with van der Waals surface area (Å²) in [6.45, 7) is 14.7. The lowest BCUT2D eigenvalue weighted by atomic mass is 9.48. The average molecular weight is 601 g/mol. The number of carbonyl (C=O) groups is 4. The van der Waals surface area contributed by atoms with Gasteiger partial charge in [0.2, 0.25) is 0 Å². The standard InChI is InChI=1S/C19H28O5.C15H20O4/c1-5-22-13(4)23-17(21)18-7-14-6-15(8-18)10-19(9-14,11-18)24-16(20)12(2)3;1-9(2)12(16)19-15-6-10-3-11(7-15)5-14(4-10,8-15)13(17)18/h13-15H,2,5-11H2,1,3-4H3;10-11H,1,3-8H2,2H3,(H,17,18). The zero-order valence-electron chi connectivity index (χ0n) is 26.2. The second-order valence-electron chi connectivity index (χ2n) is 14.9. The van der Waals surface area contributed by atoms with Gasteiger partial charge in [-0.25, -0.2) is 9.59 Å². The molecule has 0 spiro atoms. The lowest BCUT2D eigenvalue weighted by Crippen LogP contribution is -2.60. The van der Waals surface area contributed by atoms with E-state index < -0.39 is 34.3 Å². The number of hydrogen-bond acceptors (Lipinski definition) is 8. The molecule has 8 fully saturated rings. The molecule has 8 aliphatic rings. The maximum absolute atomic E-state index is 12.9. The number of rotatable bonds is 9. The Kier molecular flexibility index (Phi) is 8.38. The normalized spacial score (nSPS) is 40.1. The summed E-state index contributed by atoms with van der Waals surface area (Å²) in [7, 11) is 0. The smallest absolute Gasteiger partial charge is 0.333 e. The van der Waals surface area contributed by atoms with Crippen LogP contribution >= 0.6 is 0 Å². The third-order valence-electron chi connectivity index (χ3n) is 10.9. The molecule has 5 unspecified atom stereocenters. The quantitative estimate of drug-likeness (QED) is 0.149. The van der Waals surface area contributed by atoms with Gasteiger partial charge in [0.1, 0.15) is 11.2 Å². The molecule has 9 nitrogen and oxygen atoms in total. The van der Waals surface area contributed by atoms with E-state index >= 15 is 0 Å². The molecule has 0 radical (unpaired) electrons. The number of carbonyl (C=O) groups excluding carboxylic acids is 3. The summed E-state index contributed by atoms with van der Waals surface area (Å²) < 4.78 is 22.5. The van der Waals surface area contributed by atoms with E-state index in [4.69, 9.17) is 18.9 Å². The van der Waals surface area contributed by atoms with E-state index in [1.165, 1.54) is 0 Å². The summed E-state index contributed by atoms with van der Waals surface area (Å²) in [5.41, 5.74) is -1.44. The third kappa shape index (κ3) is 6.16. The molecule has 5 atom stereocenters. The third-order valence-corrected chi connectivity index (χ3v) is 10.9. The second kappa shape index (κ2) is 11.4. The Morgan fingerprint density at radius 3 is 1.51 bits per heavy atom. The van der Waals surface area contributed by atoms with Crippen molar-refractivity contribution in [2.45, 2.75) is 122 Å². The molecule has 8 saturated carbocycles. The lowest BCUT2D eigenvalue weighted by Gasteiger charge is -2.59. The van der Waals surface area contributed by atoms with Gasteiger partial charge < -0.3 is 24.1 Å². The Morgan fingerprint density at radius 1 is 0.744 bits per heavy atom. The Labute approximate surface area is 254 Å². The minimum Gasteiger partial charge on any atom is -0.481 e. The van der Waals surface area contributed by atoms with Crippen LogP contribution in [0.4, 0.5) is 0 Å². The first-order valence-corrected chi connectivity index (χ1v) is 16.0. The van der Waals surface area contributed by atoms with Crippen LogP contribution < -0.4 is 0 Å². The predicted molar refractivity (Wildman–Crippen MR) is 156 cm³/mol. The van der Waals surface area contributed by atoms with E-state index in [2.05, 4.69) is 13.2 Å². The number of aliphatic carboxylic acids is 1. The van der Waals surface area contributed by atoms with Crippen LogP contribution in [0.25, 0.3) is 0 Å². The van der Waals surface area contributed by atoms with Gasteiger partial charge in [-0.3, -0.25) is 9.59 Å². The highest BCUT2D eigenvalue weighted by Gasteiger charge is 2.64. The van der Waals surface area contributed by atoms with E-state index in [-0.39, 0.29) is 17.9 Å². The molecule has 0 aliphatic heterocycles. The Balaban J connectivity index is 0.000000176. The minimum atomic E-state index is -0.711. The second-order valence-corrected chi connectivity index (χ2v) is 14.9. The van der Waals surface area contributed by atoms with Crippen molar-refractivity contribution in [2.75, 3.05) is 6.61 Å². The molecule has 8 bridgehead atoms. The van der Waals surface area contributed by atoms with Crippen LogP contribution in [0.3, 0.4) is 0 Å². The molecule has 0 aromatic rings. The maximum Gasteiger partial charge on any atom is 0.333 e. The Morgan fingerprint density at radius 2 is 1.14 bits per heavy atom. The molecule has 1 N–H and O–H groups in total. The summed E-state index contributed by atoms with van der Waals surface area (Å²) >= 11 is 0. The Bertz CT molecular complexity index is 1170. The molecule has 0 aromatic heterocycles. The first-order valence-electron chi connectivity index (χ1n) is 16.0. The van der Waals surface area contributed by atoms with E-state index in [0.29, 0.717) is 54.3 Å². The number of carboxylic acids is 1. The van der Waals surface area contributed by atoms with Crippen LogP contribution in [0.1, 0.15) is 105 Å². The van der Waals surface area contributed by atoms with Crippen molar-refractivity contribution < 1.29 is 43.2 Å². The molecule has 8 aliphatic carbocycles. The van der Waals surface area contributed by atoms with Gasteiger partial charge in [0, 0.05) is 30.6 Å². The molecular weight excluding hydrogens is 552 g/mol. The fraction of sp³-hybridized carbons (Fsp3) is 0.765. The van der Waals surface area contributed by atoms with Gasteiger partial charge in [-0.2, -0.15) is 0 Å². The van der Waals surface area contributed by atoms with Crippen molar-refractivity contribution in [3.8, 4) is 0 Å². The van der Waals surface area contributed by atoms with E-state index in [9.17, 15) is 24.3 Å². The monoisotopic (exact) mass is 600 g/mol. The van der Waals surface area contributed by atoms with Gasteiger partial charge >= 0.3 is 23.9 Å². The summed E-state index contributed by atoms with van der Waals surface area (Å²) in [5, 5.41) is 9.58. The van der Waals surface area contributed by atoms with Gasteiger partial charge in [-0.1, -0.05) is 13.2 Å². The summed E-state index contributed by atoms with van der Waals surface area (Å²) in [6.07, 6.45) is 9.32. The SMILES string of the molecule is C=C(C)C(=O)OC12CC3CC(C1)CC(C(=O)O)(C3)C2.C=C(C)C(=O)OC12CC3CC(C1)CC(C(=O)OC(C)OCC)(C3)C2. The van der Waals surface area contributed by atoms with Crippen molar-refractivity contribution in [3.63, 3.8) is 0 Å². The van der Waals surface area contributed by atoms with Crippen LogP contribution in [-0.4, -0.2) is 53.1 Å². The molecule has 0 amide bonds. The number of ether oxygens (including phenoxy) is 4. The molecule has 238 valence electrons. The molecular formula is C34H48O9. The first-order chi connectivity index (χ1) is 20.1. The Hall–Kier alpha value is -2.68. The topological polar surface area (TPSA) is 125 Å². The first kappa shape index (κ1) is 31.7. The lowest BCUT2D eigenvalue weighted by molar-refractivity contribution is -0.222. The van der Waals surface area contributed by atoms with Crippen molar-refractivity contribution in [2.24, 2.45) is 34.5 Å². The van der Waals surface area contributed by atoms with Crippen molar-refractivity contribution in [3.05, 3.63) is 24.3 Å². The fourth-order valence-corrected chi connectivity index (χ4v) is 10.2. The van der Waals surface area contributed by atoms with E-state index in [0.717, 1.165) is 64.2 Å². The van der Waals surface area contributed by atoms with Gasteiger partial charge in [0.15, 0.2) is 6.29 Å². The highest BCUT2D eigenvalue weighted by atomic mass is 16.7. The van der Waals surface area contributed by atoms with Crippen molar-refractivity contribution >= 4 is 23.9 Å². The van der Waals surface area contributed by atoms with Crippen LogP contribution in [0.2, 0.25) is 0 Å². The van der Waals surface area contributed by atoms with Gasteiger partial charge in [0.05, 0.1) is 10.8 Å². The summed E-state index contributed by atoms with van der Waals surface area (Å²) in [5.74, 6) is 0.0417. The summed E-state index contributed by atoms with van der Waals surface area (Å²) in [4.78, 5) is 48.5. The average Bonchev–Trinajstić information content (AvgIpc) is 2.87. The minimum absolute atomic E-state index is 0.187.